The van der Waals surface area contributed by atoms with E-state index in [1.165, 1.54) is 4.90 Å². The molecule has 0 spiro atoms. The Morgan fingerprint density at radius 2 is 1.55 bits per heavy atom. The van der Waals surface area contributed by atoms with Gasteiger partial charge in [-0.1, -0.05) is 0 Å². The highest BCUT2D eigenvalue weighted by Gasteiger charge is 2.40. The van der Waals surface area contributed by atoms with Crippen molar-refractivity contribution in [3.63, 3.8) is 0 Å². The van der Waals surface area contributed by atoms with Crippen LogP contribution in [-0.2, 0) is 14.3 Å². The predicted molar refractivity (Wildman–Crippen MR) is 78.2 cm³/mol. The van der Waals surface area contributed by atoms with Gasteiger partial charge in [0.15, 0.2) is 0 Å². The van der Waals surface area contributed by atoms with Crippen LogP contribution in [-0.4, -0.2) is 64.7 Å². The number of piperidine rings is 1. The molecular formula is C15H24N2O5. The number of hydrogen-bond acceptors (Lipinski definition) is 4. The molecule has 2 fully saturated rings. The van der Waals surface area contributed by atoms with E-state index < -0.39 is 11.6 Å². The second-order valence-electron chi connectivity index (χ2n) is 7.02. The maximum absolute atomic E-state index is 12.3. The van der Waals surface area contributed by atoms with E-state index >= 15 is 0 Å². The predicted octanol–water partition coefficient (Wildman–Crippen LogP) is 1.18. The molecule has 0 radical (unpaired) electrons. The first-order chi connectivity index (χ1) is 10.2. The van der Waals surface area contributed by atoms with E-state index in [9.17, 15) is 14.4 Å². The molecule has 7 nitrogen and oxygen atoms in total. The molecule has 0 aliphatic carbocycles. The lowest BCUT2D eigenvalue weighted by molar-refractivity contribution is -0.148. The molecule has 2 saturated heterocycles. The van der Waals surface area contributed by atoms with Gasteiger partial charge in [0.1, 0.15) is 5.60 Å². The smallest absolute Gasteiger partial charge is 0.410 e. The van der Waals surface area contributed by atoms with Gasteiger partial charge in [0.05, 0.1) is 11.8 Å². The van der Waals surface area contributed by atoms with Crippen LogP contribution in [0.5, 0.6) is 0 Å². The van der Waals surface area contributed by atoms with Gasteiger partial charge < -0.3 is 19.6 Å². The zero-order valence-electron chi connectivity index (χ0n) is 13.4. The Morgan fingerprint density at radius 3 is 2.00 bits per heavy atom. The Labute approximate surface area is 130 Å². The molecule has 124 valence electrons. The van der Waals surface area contributed by atoms with E-state index in [1.54, 1.807) is 25.7 Å². The van der Waals surface area contributed by atoms with Crippen LogP contribution in [0, 0.1) is 11.8 Å². The van der Waals surface area contributed by atoms with Crippen molar-refractivity contribution in [3.8, 4) is 0 Å². The molecule has 2 aliphatic rings. The average molecular weight is 312 g/mol. The maximum Gasteiger partial charge on any atom is 0.410 e. The Bertz CT molecular complexity index is 457. The highest BCUT2D eigenvalue weighted by atomic mass is 16.6. The maximum atomic E-state index is 12.3. The fourth-order valence-corrected chi connectivity index (χ4v) is 2.72. The second-order valence-corrected chi connectivity index (χ2v) is 7.02. The molecule has 0 aromatic carbocycles. The summed E-state index contributed by atoms with van der Waals surface area (Å²) in [7, 11) is 0. The number of ether oxygens (including phenoxy) is 1. The van der Waals surface area contributed by atoms with Crippen LogP contribution in [0.1, 0.15) is 33.6 Å². The molecule has 0 bridgehead atoms. The average Bonchev–Trinajstić information content (AvgIpc) is 2.34. The summed E-state index contributed by atoms with van der Waals surface area (Å²) in [6.45, 7) is 7.15. The van der Waals surface area contributed by atoms with E-state index in [1.807, 2.05) is 0 Å². The molecule has 0 saturated carbocycles. The summed E-state index contributed by atoms with van der Waals surface area (Å²) in [4.78, 5) is 38.3. The molecule has 7 heteroatoms. The summed E-state index contributed by atoms with van der Waals surface area (Å²) in [5.41, 5.74) is -0.537. The van der Waals surface area contributed by atoms with Crippen LogP contribution in [0.4, 0.5) is 4.79 Å². The summed E-state index contributed by atoms with van der Waals surface area (Å²) in [6, 6.07) is 0. The Hall–Kier alpha value is -1.79. The van der Waals surface area contributed by atoms with Gasteiger partial charge in [-0.2, -0.15) is 0 Å². The number of likely N-dealkylation sites (tertiary alicyclic amines) is 2. The van der Waals surface area contributed by atoms with Crippen molar-refractivity contribution < 1.29 is 24.2 Å². The van der Waals surface area contributed by atoms with Crippen LogP contribution in [0.15, 0.2) is 0 Å². The topological polar surface area (TPSA) is 87.2 Å². The van der Waals surface area contributed by atoms with Crippen molar-refractivity contribution >= 4 is 18.0 Å². The minimum atomic E-state index is -0.785. The largest absolute Gasteiger partial charge is 0.481 e. The molecule has 2 rings (SSSR count). The minimum absolute atomic E-state index is 0.0173. The second kappa shape index (κ2) is 6.14. The third kappa shape index (κ3) is 3.90. The van der Waals surface area contributed by atoms with E-state index in [-0.39, 0.29) is 23.8 Å². The highest BCUT2D eigenvalue weighted by Crippen LogP contribution is 2.24. The number of aliphatic carboxylic acids is 1. The number of hydrogen-bond donors (Lipinski definition) is 1. The van der Waals surface area contributed by atoms with Crippen molar-refractivity contribution in [2.75, 3.05) is 26.2 Å². The molecule has 2 aliphatic heterocycles. The van der Waals surface area contributed by atoms with Crippen molar-refractivity contribution in [1.29, 1.82) is 0 Å². The number of carbonyl (C=O) groups excluding carboxylic acids is 2. The first-order valence-corrected chi connectivity index (χ1v) is 7.67. The summed E-state index contributed by atoms with van der Waals surface area (Å²) < 4.78 is 5.25. The molecule has 2 heterocycles. The van der Waals surface area contributed by atoms with Crippen molar-refractivity contribution in [2.24, 2.45) is 11.8 Å². The van der Waals surface area contributed by atoms with Crippen molar-refractivity contribution in [3.05, 3.63) is 0 Å². The molecule has 0 aromatic rings. The first kappa shape index (κ1) is 16.6. The fourth-order valence-electron chi connectivity index (χ4n) is 2.72. The Kier molecular flexibility index (Phi) is 4.63. The van der Waals surface area contributed by atoms with Crippen LogP contribution in [0.2, 0.25) is 0 Å². The fraction of sp³-hybridized carbons (Fsp3) is 0.800. The summed E-state index contributed by atoms with van der Waals surface area (Å²) in [5, 5.41) is 8.96. The molecule has 22 heavy (non-hydrogen) atoms. The number of carboxylic acid groups (broad SMARTS) is 1. The summed E-state index contributed by atoms with van der Waals surface area (Å²) >= 11 is 0. The third-order valence-electron chi connectivity index (χ3n) is 4.04. The summed E-state index contributed by atoms with van der Waals surface area (Å²) in [5.74, 6) is -1.30. The number of carboxylic acids is 1. The standard InChI is InChI=1S/C15H24N2O5/c1-15(2,3)22-14(21)17-8-11(9-17)12(18)16-6-4-10(5-7-16)13(19)20/h10-11H,4-9H2,1-3H3,(H,19,20). The number of rotatable bonds is 2. The number of nitrogens with zero attached hydrogens (tertiary/aromatic N) is 2. The Balaban J connectivity index is 1.76. The molecule has 0 atom stereocenters. The van der Waals surface area contributed by atoms with Gasteiger partial charge in [-0.15, -0.1) is 0 Å². The van der Waals surface area contributed by atoms with Gasteiger partial charge in [0.2, 0.25) is 5.91 Å². The SMILES string of the molecule is CC(C)(C)OC(=O)N1CC(C(=O)N2CCC(C(=O)O)CC2)C1. The van der Waals surface area contributed by atoms with Gasteiger partial charge in [-0.25, -0.2) is 4.79 Å². The molecule has 0 unspecified atom stereocenters. The summed E-state index contributed by atoms with van der Waals surface area (Å²) in [6.07, 6.45) is 0.619. The normalized spacial score (nSPS) is 20.5. The molecule has 0 aromatic heterocycles. The van der Waals surface area contributed by atoms with E-state index in [2.05, 4.69) is 0 Å². The van der Waals surface area contributed by atoms with Gasteiger partial charge in [0, 0.05) is 26.2 Å². The van der Waals surface area contributed by atoms with Crippen LogP contribution >= 0.6 is 0 Å². The van der Waals surface area contributed by atoms with Crippen LogP contribution in [0.3, 0.4) is 0 Å². The van der Waals surface area contributed by atoms with Crippen molar-refractivity contribution in [2.45, 2.75) is 39.2 Å². The van der Waals surface area contributed by atoms with Crippen molar-refractivity contribution in [1.82, 2.24) is 9.80 Å². The van der Waals surface area contributed by atoms with E-state index in [0.717, 1.165) is 0 Å². The van der Waals surface area contributed by atoms with E-state index in [0.29, 0.717) is 39.0 Å². The van der Waals surface area contributed by atoms with Crippen LogP contribution in [0.25, 0.3) is 0 Å². The zero-order chi connectivity index (χ0) is 16.5. The number of carbonyl (C=O) groups is 3. The third-order valence-corrected chi connectivity index (χ3v) is 4.04. The van der Waals surface area contributed by atoms with Crippen LogP contribution < -0.4 is 0 Å². The lowest BCUT2D eigenvalue weighted by Gasteiger charge is -2.42. The van der Waals surface area contributed by atoms with Gasteiger partial charge in [-0.05, 0) is 33.6 Å². The quantitative estimate of drug-likeness (QED) is 0.827. The molecular weight excluding hydrogens is 288 g/mol. The highest BCUT2D eigenvalue weighted by molar-refractivity contribution is 5.83. The van der Waals surface area contributed by atoms with Gasteiger partial charge in [0.25, 0.3) is 0 Å². The van der Waals surface area contributed by atoms with E-state index in [4.69, 9.17) is 9.84 Å². The molecule has 1 N–H and O–H groups in total. The Morgan fingerprint density at radius 1 is 1.00 bits per heavy atom. The first-order valence-electron chi connectivity index (χ1n) is 7.67. The monoisotopic (exact) mass is 312 g/mol. The lowest BCUT2D eigenvalue weighted by atomic mass is 9.93. The lowest BCUT2D eigenvalue weighted by Crippen LogP contribution is -2.58. The zero-order valence-corrected chi connectivity index (χ0v) is 13.4. The minimum Gasteiger partial charge on any atom is -0.481 e. The van der Waals surface area contributed by atoms with Gasteiger partial charge in [-0.3, -0.25) is 9.59 Å². The number of amides is 2. The van der Waals surface area contributed by atoms with Gasteiger partial charge >= 0.3 is 12.1 Å². The molecule has 2 amide bonds.